The lowest BCUT2D eigenvalue weighted by atomic mass is 10.0. The van der Waals surface area contributed by atoms with Gasteiger partial charge < -0.3 is 19.3 Å². The van der Waals surface area contributed by atoms with E-state index in [4.69, 9.17) is 21.1 Å². The molecule has 1 amide bonds. The topological polar surface area (TPSA) is 42.0 Å². The zero-order chi connectivity index (χ0) is 20.8. The normalized spacial score (nSPS) is 16.2. The van der Waals surface area contributed by atoms with Crippen LogP contribution in [0.15, 0.2) is 18.2 Å². The number of amides is 1. The van der Waals surface area contributed by atoms with Crippen LogP contribution >= 0.6 is 11.6 Å². The summed E-state index contributed by atoms with van der Waals surface area (Å²) in [4.78, 5) is 16.9. The Hall–Kier alpha value is -1.72. The Kier molecular flexibility index (Phi) is 8.20. The Morgan fingerprint density at radius 2 is 1.89 bits per heavy atom. The van der Waals surface area contributed by atoms with Gasteiger partial charge in [-0.05, 0) is 64.3 Å². The summed E-state index contributed by atoms with van der Waals surface area (Å²) >= 11 is 6.36. The molecule has 1 aromatic rings. The molecule has 0 saturated carbocycles. The van der Waals surface area contributed by atoms with Gasteiger partial charge in [-0.1, -0.05) is 11.6 Å². The summed E-state index contributed by atoms with van der Waals surface area (Å²) in [6.07, 6.45) is 5.38. The van der Waals surface area contributed by atoms with Crippen LogP contribution in [0, 0.1) is 0 Å². The molecule has 0 spiro atoms. The molecule has 1 aliphatic rings. The van der Waals surface area contributed by atoms with Crippen molar-refractivity contribution in [2.45, 2.75) is 58.7 Å². The number of carbonyl (C=O) groups excluding carboxylic acids is 1. The minimum atomic E-state index is -0.00914. The van der Waals surface area contributed by atoms with Gasteiger partial charge in [0.15, 0.2) is 11.5 Å². The van der Waals surface area contributed by atoms with Crippen molar-refractivity contribution < 1.29 is 14.3 Å². The van der Waals surface area contributed by atoms with Gasteiger partial charge in [0.05, 0.1) is 18.2 Å². The summed E-state index contributed by atoms with van der Waals surface area (Å²) in [6.45, 7) is 10.4. The highest BCUT2D eigenvalue weighted by molar-refractivity contribution is 6.32. The van der Waals surface area contributed by atoms with E-state index in [1.54, 1.807) is 25.3 Å². The van der Waals surface area contributed by atoms with E-state index in [0.29, 0.717) is 22.6 Å². The van der Waals surface area contributed by atoms with Gasteiger partial charge in [0.1, 0.15) is 0 Å². The van der Waals surface area contributed by atoms with Gasteiger partial charge >= 0.3 is 0 Å². The van der Waals surface area contributed by atoms with Crippen LogP contribution in [-0.4, -0.2) is 61.1 Å². The molecule has 1 heterocycles. The number of rotatable bonds is 7. The molecule has 0 radical (unpaired) electrons. The van der Waals surface area contributed by atoms with Gasteiger partial charge in [-0.2, -0.15) is 0 Å². The molecule has 0 aliphatic carbocycles. The number of hydrogen-bond acceptors (Lipinski definition) is 4. The fraction of sp³-hybridized carbons (Fsp3) is 0.591. The van der Waals surface area contributed by atoms with Crippen LogP contribution in [-0.2, 0) is 4.79 Å². The predicted octanol–water partition coefficient (Wildman–Crippen LogP) is 4.48. The van der Waals surface area contributed by atoms with Gasteiger partial charge in [0, 0.05) is 38.3 Å². The van der Waals surface area contributed by atoms with E-state index in [-0.39, 0.29) is 18.1 Å². The van der Waals surface area contributed by atoms with Crippen molar-refractivity contribution in [2.24, 2.45) is 0 Å². The zero-order valence-electron chi connectivity index (χ0n) is 17.9. The van der Waals surface area contributed by atoms with Crippen LogP contribution in [0.1, 0.15) is 46.1 Å². The number of likely N-dealkylation sites (N-methyl/N-ethyl adjacent to an activating group) is 1. The number of methoxy groups -OCH3 is 1. The summed E-state index contributed by atoms with van der Waals surface area (Å²) in [5.41, 5.74) is 0.800. The molecule has 0 N–H and O–H groups in total. The third kappa shape index (κ3) is 5.89. The van der Waals surface area contributed by atoms with E-state index in [2.05, 4.69) is 18.7 Å². The smallest absolute Gasteiger partial charge is 0.246 e. The molecule has 2 rings (SSSR count). The van der Waals surface area contributed by atoms with Crippen molar-refractivity contribution in [1.29, 1.82) is 0 Å². The third-order valence-electron chi connectivity index (χ3n) is 5.15. The summed E-state index contributed by atoms with van der Waals surface area (Å²) in [5, 5.41) is 0.467. The van der Waals surface area contributed by atoms with Crippen molar-refractivity contribution >= 4 is 23.6 Å². The highest BCUT2D eigenvalue weighted by atomic mass is 35.5. The molecule has 1 aliphatic heterocycles. The SMILES string of the molecule is COc1cc(/C=C/C(=O)N(C)C2CCN(C(C)C)CC2)cc(Cl)c1OC(C)C. The number of carbonyl (C=O) groups is 1. The second-order valence-electron chi connectivity index (χ2n) is 7.84. The van der Waals surface area contributed by atoms with Crippen LogP contribution < -0.4 is 9.47 Å². The maximum atomic E-state index is 12.6. The molecule has 28 heavy (non-hydrogen) atoms. The lowest BCUT2D eigenvalue weighted by Crippen LogP contribution is -2.47. The molecule has 0 atom stereocenters. The molecule has 1 saturated heterocycles. The molecule has 5 nitrogen and oxygen atoms in total. The summed E-state index contributed by atoms with van der Waals surface area (Å²) in [7, 11) is 3.46. The largest absolute Gasteiger partial charge is 0.493 e. The second-order valence-corrected chi connectivity index (χ2v) is 8.25. The number of halogens is 1. The third-order valence-corrected chi connectivity index (χ3v) is 5.43. The van der Waals surface area contributed by atoms with Crippen LogP contribution in [0.5, 0.6) is 11.5 Å². The van der Waals surface area contributed by atoms with E-state index in [0.717, 1.165) is 31.5 Å². The van der Waals surface area contributed by atoms with E-state index < -0.39 is 0 Å². The number of benzene rings is 1. The van der Waals surface area contributed by atoms with E-state index in [1.165, 1.54) is 0 Å². The first-order chi connectivity index (χ1) is 13.2. The fourth-order valence-corrected chi connectivity index (χ4v) is 3.70. The molecular weight excluding hydrogens is 376 g/mol. The van der Waals surface area contributed by atoms with Crippen molar-refractivity contribution in [3.63, 3.8) is 0 Å². The summed E-state index contributed by atoms with van der Waals surface area (Å²) < 4.78 is 11.1. The lowest BCUT2D eigenvalue weighted by molar-refractivity contribution is -0.127. The number of nitrogens with zero attached hydrogens (tertiary/aromatic N) is 2. The molecule has 6 heteroatoms. The average Bonchev–Trinajstić information content (AvgIpc) is 2.66. The maximum Gasteiger partial charge on any atom is 0.246 e. The van der Waals surface area contributed by atoms with Gasteiger partial charge in [0.25, 0.3) is 0 Å². The van der Waals surface area contributed by atoms with Crippen LogP contribution in [0.25, 0.3) is 6.08 Å². The molecule has 0 unspecified atom stereocenters. The first-order valence-electron chi connectivity index (χ1n) is 9.96. The summed E-state index contributed by atoms with van der Waals surface area (Å²) in [5.74, 6) is 1.08. The maximum absolute atomic E-state index is 12.6. The first kappa shape index (κ1) is 22.6. The van der Waals surface area contributed by atoms with Crippen LogP contribution in [0.3, 0.4) is 0 Å². The molecular formula is C22H33ClN2O3. The molecule has 1 aromatic carbocycles. The Morgan fingerprint density at radius 1 is 1.25 bits per heavy atom. The van der Waals surface area contributed by atoms with E-state index in [9.17, 15) is 4.79 Å². The lowest BCUT2D eigenvalue weighted by Gasteiger charge is -2.38. The Labute approximate surface area is 174 Å². The average molecular weight is 409 g/mol. The Balaban J connectivity index is 2.04. The van der Waals surface area contributed by atoms with Crippen LogP contribution in [0.2, 0.25) is 5.02 Å². The monoisotopic (exact) mass is 408 g/mol. The quantitative estimate of drug-likeness (QED) is 0.624. The predicted molar refractivity (Wildman–Crippen MR) is 115 cm³/mol. The molecule has 1 fully saturated rings. The first-order valence-corrected chi connectivity index (χ1v) is 10.3. The van der Waals surface area contributed by atoms with Gasteiger partial charge in [0.2, 0.25) is 5.91 Å². The number of piperidine rings is 1. The van der Waals surface area contributed by atoms with Crippen molar-refractivity contribution in [1.82, 2.24) is 9.80 Å². The van der Waals surface area contributed by atoms with Crippen molar-refractivity contribution in [3.8, 4) is 11.5 Å². The standard InChI is InChI=1S/C22H33ClN2O3/c1-15(2)25-11-9-18(10-12-25)24(5)21(26)8-7-17-13-19(23)22(28-16(3)4)20(14-17)27-6/h7-8,13-16,18H,9-12H2,1-6H3/b8-7+. The molecule has 0 aromatic heterocycles. The van der Waals surface area contributed by atoms with Gasteiger partial charge in [-0.15, -0.1) is 0 Å². The van der Waals surface area contributed by atoms with Crippen molar-refractivity contribution in [2.75, 3.05) is 27.2 Å². The molecule has 156 valence electrons. The van der Waals surface area contributed by atoms with E-state index in [1.807, 2.05) is 31.9 Å². The number of ether oxygens (including phenoxy) is 2. The number of hydrogen-bond donors (Lipinski definition) is 0. The highest BCUT2D eigenvalue weighted by Gasteiger charge is 2.25. The molecule has 0 bridgehead atoms. The van der Waals surface area contributed by atoms with Gasteiger partial charge in [-0.25, -0.2) is 0 Å². The second kappa shape index (κ2) is 10.2. The summed E-state index contributed by atoms with van der Waals surface area (Å²) in [6, 6.07) is 4.46. The highest BCUT2D eigenvalue weighted by Crippen LogP contribution is 2.37. The van der Waals surface area contributed by atoms with Crippen LogP contribution in [0.4, 0.5) is 0 Å². The minimum absolute atomic E-state index is 0.000549. The fourth-order valence-electron chi connectivity index (χ4n) is 3.44. The van der Waals surface area contributed by atoms with E-state index >= 15 is 0 Å². The zero-order valence-corrected chi connectivity index (χ0v) is 18.6. The Morgan fingerprint density at radius 3 is 2.43 bits per heavy atom. The Bertz CT molecular complexity index is 695. The minimum Gasteiger partial charge on any atom is -0.493 e. The number of likely N-dealkylation sites (tertiary alicyclic amines) is 1. The van der Waals surface area contributed by atoms with Crippen molar-refractivity contribution in [3.05, 3.63) is 28.8 Å². The van der Waals surface area contributed by atoms with Gasteiger partial charge in [-0.3, -0.25) is 4.79 Å².